The molecule has 2 aromatic carbocycles. The quantitative estimate of drug-likeness (QED) is 0.772. The second kappa shape index (κ2) is 6.36. The summed E-state index contributed by atoms with van der Waals surface area (Å²) in [4.78, 5) is 11.0. The minimum absolute atomic E-state index is 0.369. The van der Waals surface area contributed by atoms with Crippen LogP contribution >= 0.6 is 11.6 Å². The topological polar surface area (TPSA) is 35.5 Å². The first-order valence-electron chi connectivity index (χ1n) is 5.74. The van der Waals surface area contributed by atoms with Crippen molar-refractivity contribution >= 4 is 17.9 Å². The summed E-state index contributed by atoms with van der Waals surface area (Å²) in [6.07, 6.45) is 0.722. The zero-order valence-corrected chi connectivity index (χ0v) is 11.2. The summed E-state index contributed by atoms with van der Waals surface area (Å²) < 4.78 is 10.8. The van der Waals surface area contributed by atoms with Crippen LogP contribution in [0.15, 0.2) is 42.5 Å². The van der Waals surface area contributed by atoms with Gasteiger partial charge in [-0.05, 0) is 29.8 Å². The molecule has 98 valence electrons. The van der Waals surface area contributed by atoms with Crippen molar-refractivity contribution in [2.24, 2.45) is 0 Å². The number of ether oxygens (including phenoxy) is 2. The Bertz CT molecular complexity index is 581. The molecule has 0 radical (unpaired) electrons. The number of benzene rings is 2. The van der Waals surface area contributed by atoms with Crippen molar-refractivity contribution in [2.45, 2.75) is 6.61 Å². The normalized spacial score (nSPS) is 10.2. The molecule has 19 heavy (non-hydrogen) atoms. The van der Waals surface area contributed by atoms with E-state index in [2.05, 4.69) is 0 Å². The predicted octanol–water partition coefficient (Wildman–Crippen LogP) is 4.09. The fourth-order valence-corrected chi connectivity index (χ4v) is 1.93. The summed E-state index contributed by atoms with van der Waals surface area (Å²) in [6.45, 7) is 0.500. The molecule has 0 N–H and O–H groups in total. The number of carbonyl (C=O) groups is 1. The van der Waals surface area contributed by atoms with E-state index >= 15 is 0 Å². The molecule has 0 aliphatic carbocycles. The number of hydrogen-bond donors (Lipinski definition) is 0. The van der Waals surface area contributed by atoms with Gasteiger partial charge < -0.3 is 9.47 Å². The van der Waals surface area contributed by atoms with Gasteiger partial charge in [-0.25, -0.2) is 0 Å². The molecule has 2 aromatic rings. The van der Waals surface area contributed by atoms with Crippen molar-refractivity contribution < 1.29 is 14.3 Å². The summed E-state index contributed by atoms with van der Waals surface area (Å²) in [7, 11) is 1.63. The van der Waals surface area contributed by atoms with Gasteiger partial charge in [0, 0.05) is 7.11 Å². The lowest BCUT2D eigenvalue weighted by atomic mass is 10.2. The van der Waals surface area contributed by atoms with Crippen molar-refractivity contribution in [1.82, 2.24) is 0 Å². The fraction of sp³-hybridized carbons (Fsp3) is 0.133. The van der Waals surface area contributed by atoms with E-state index in [9.17, 15) is 4.79 Å². The van der Waals surface area contributed by atoms with Gasteiger partial charge in [0.15, 0.2) is 12.0 Å². The summed E-state index contributed by atoms with van der Waals surface area (Å²) in [5.74, 6) is 0.986. The summed E-state index contributed by atoms with van der Waals surface area (Å²) in [5.41, 5.74) is 1.41. The molecule has 0 unspecified atom stereocenters. The molecule has 0 amide bonds. The molecule has 0 aromatic heterocycles. The Morgan fingerprint density at radius 2 is 2.00 bits per heavy atom. The highest BCUT2D eigenvalue weighted by Gasteiger charge is 2.09. The Kier molecular flexibility index (Phi) is 4.55. The van der Waals surface area contributed by atoms with Crippen LogP contribution in [0.25, 0.3) is 0 Å². The minimum Gasteiger partial charge on any atom is -0.455 e. The van der Waals surface area contributed by atoms with Crippen LogP contribution in [-0.4, -0.2) is 13.4 Å². The molecular formula is C15H13ClO3. The van der Waals surface area contributed by atoms with E-state index in [-0.39, 0.29) is 0 Å². The maximum absolute atomic E-state index is 11.0. The van der Waals surface area contributed by atoms with E-state index in [0.717, 1.165) is 11.8 Å². The zero-order valence-electron chi connectivity index (χ0n) is 10.4. The SMILES string of the molecule is COCc1cccc(Oc2c(Cl)cccc2C=O)c1. The lowest BCUT2D eigenvalue weighted by molar-refractivity contribution is 0.112. The molecule has 0 saturated heterocycles. The molecule has 2 rings (SSSR count). The number of aldehydes is 1. The van der Waals surface area contributed by atoms with Crippen LogP contribution in [0, 0.1) is 0 Å². The Morgan fingerprint density at radius 3 is 2.74 bits per heavy atom. The molecule has 0 bridgehead atoms. The number of hydrogen-bond acceptors (Lipinski definition) is 3. The first-order valence-corrected chi connectivity index (χ1v) is 6.12. The van der Waals surface area contributed by atoms with E-state index in [1.165, 1.54) is 0 Å². The van der Waals surface area contributed by atoms with Crippen molar-refractivity contribution in [3.05, 3.63) is 58.6 Å². The first-order chi connectivity index (χ1) is 9.24. The van der Waals surface area contributed by atoms with E-state index < -0.39 is 0 Å². The number of methoxy groups -OCH3 is 1. The van der Waals surface area contributed by atoms with Crippen molar-refractivity contribution in [2.75, 3.05) is 7.11 Å². The number of rotatable bonds is 5. The lowest BCUT2D eigenvalue weighted by Crippen LogP contribution is -1.93. The fourth-order valence-electron chi connectivity index (χ4n) is 1.71. The van der Waals surface area contributed by atoms with Gasteiger partial charge in [0.2, 0.25) is 0 Å². The Balaban J connectivity index is 2.30. The highest BCUT2D eigenvalue weighted by Crippen LogP contribution is 2.32. The summed E-state index contributed by atoms with van der Waals surface area (Å²) in [5, 5.41) is 0.404. The van der Waals surface area contributed by atoms with Gasteiger partial charge >= 0.3 is 0 Å². The minimum atomic E-state index is 0.369. The third-order valence-corrected chi connectivity index (χ3v) is 2.85. The van der Waals surface area contributed by atoms with Gasteiger partial charge in [-0.1, -0.05) is 29.8 Å². The predicted molar refractivity (Wildman–Crippen MR) is 74.1 cm³/mol. The maximum atomic E-state index is 11.0. The smallest absolute Gasteiger partial charge is 0.156 e. The third kappa shape index (κ3) is 3.34. The summed E-state index contributed by atoms with van der Waals surface area (Å²) in [6, 6.07) is 12.5. The number of carbonyl (C=O) groups excluding carboxylic acids is 1. The monoisotopic (exact) mass is 276 g/mol. The average Bonchev–Trinajstić information content (AvgIpc) is 2.42. The van der Waals surface area contributed by atoms with Gasteiger partial charge in [0.1, 0.15) is 5.75 Å². The highest BCUT2D eigenvalue weighted by molar-refractivity contribution is 6.32. The Hall–Kier alpha value is -1.84. The molecule has 0 spiro atoms. The van der Waals surface area contributed by atoms with Crippen LogP contribution in [0.1, 0.15) is 15.9 Å². The van der Waals surface area contributed by atoms with E-state index in [1.54, 1.807) is 31.4 Å². The van der Waals surface area contributed by atoms with Gasteiger partial charge in [0.25, 0.3) is 0 Å². The van der Waals surface area contributed by atoms with Gasteiger partial charge in [0.05, 0.1) is 17.2 Å². The molecule has 4 heteroatoms. The molecule has 0 fully saturated rings. The van der Waals surface area contributed by atoms with E-state index in [1.807, 2.05) is 18.2 Å². The van der Waals surface area contributed by atoms with Crippen LogP contribution in [0.3, 0.4) is 0 Å². The van der Waals surface area contributed by atoms with Crippen LogP contribution in [0.5, 0.6) is 11.5 Å². The van der Waals surface area contributed by atoms with Gasteiger partial charge in [-0.2, -0.15) is 0 Å². The Labute approximate surface area is 116 Å². The Morgan fingerprint density at radius 1 is 1.21 bits per heavy atom. The van der Waals surface area contributed by atoms with Crippen LogP contribution in [0.4, 0.5) is 0 Å². The molecule has 0 heterocycles. The van der Waals surface area contributed by atoms with E-state index in [4.69, 9.17) is 21.1 Å². The molecule has 0 aliphatic heterocycles. The lowest BCUT2D eigenvalue weighted by Gasteiger charge is -2.10. The average molecular weight is 277 g/mol. The third-order valence-electron chi connectivity index (χ3n) is 2.55. The molecule has 0 saturated carbocycles. The maximum Gasteiger partial charge on any atom is 0.156 e. The van der Waals surface area contributed by atoms with Crippen LogP contribution in [0.2, 0.25) is 5.02 Å². The molecule has 0 atom stereocenters. The van der Waals surface area contributed by atoms with E-state index in [0.29, 0.717) is 28.7 Å². The number of halogens is 1. The largest absolute Gasteiger partial charge is 0.455 e. The van der Waals surface area contributed by atoms with Crippen LogP contribution in [-0.2, 0) is 11.3 Å². The van der Waals surface area contributed by atoms with Gasteiger partial charge in [-0.3, -0.25) is 4.79 Å². The molecule has 3 nitrogen and oxygen atoms in total. The zero-order chi connectivity index (χ0) is 13.7. The second-order valence-corrected chi connectivity index (χ2v) is 4.37. The molecule has 0 aliphatic rings. The standard InChI is InChI=1S/C15H13ClO3/c1-18-10-11-4-2-6-13(8-11)19-15-12(9-17)5-3-7-14(15)16/h2-9H,10H2,1H3. The number of para-hydroxylation sites is 1. The van der Waals surface area contributed by atoms with Gasteiger partial charge in [-0.15, -0.1) is 0 Å². The molecular weight excluding hydrogens is 264 g/mol. The first kappa shape index (κ1) is 13.6. The van der Waals surface area contributed by atoms with Crippen molar-refractivity contribution in [3.8, 4) is 11.5 Å². The van der Waals surface area contributed by atoms with Crippen molar-refractivity contribution in [3.63, 3.8) is 0 Å². The highest BCUT2D eigenvalue weighted by atomic mass is 35.5. The summed E-state index contributed by atoms with van der Waals surface area (Å²) >= 11 is 6.05. The van der Waals surface area contributed by atoms with Crippen LogP contribution < -0.4 is 4.74 Å². The second-order valence-electron chi connectivity index (χ2n) is 3.96. The van der Waals surface area contributed by atoms with Crippen molar-refractivity contribution in [1.29, 1.82) is 0 Å².